The minimum Gasteiger partial charge on any atom is -0.468 e. The first-order chi connectivity index (χ1) is 7.63. The fraction of sp³-hybridized carbons (Fsp3) is 0.300. The van der Waals surface area contributed by atoms with Crippen LogP contribution in [0.25, 0.3) is 6.08 Å². The third-order valence-electron chi connectivity index (χ3n) is 1.82. The maximum atomic E-state index is 11.5. The van der Waals surface area contributed by atoms with Crippen molar-refractivity contribution in [1.82, 2.24) is 9.88 Å². The predicted octanol–water partition coefficient (Wildman–Crippen LogP) is 0.788. The zero-order chi connectivity index (χ0) is 12.0. The van der Waals surface area contributed by atoms with Gasteiger partial charge in [0.1, 0.15) is 6.54 Å². The lowest BCUT2D eigenvalue weighted by molar-refractivity contribution is -0.144. The maximum Gasteiger partial charge on any atom is 0.325 e. The molecule has 1 aromatic rings. The van der Waals surface area contributed by atoms with Gasteiger partial charge in [-0.05, 0) is 6.08 Å². The van der Waals surface area contributed by atoms with Gasteiger partial charge in [-0.25, -0.2) is 4.98 Å². The minimum atomic E-state index is -0.446. The van der Waals surface area contributed by atoms with Gasteiger partial charge in [0, 0.05) is 18.5 Å². The molecule has 0 atom stereocenters. The largest absolute Gasteiger partial charge is 0.468 e. The first kappa shape index (κ1) is 12.4. The van der Waals surface area contributed by atoms with Gasteiger partial charge in [-0.3, -0.25) is 9.59 Å². The molecule has 0 fully saturated rings. The Labute approximate surface area is 97.4 Å². The summed E-state index contributed by atoms with van der Waals surface area (Å²) in [6.07, 6.45) is 2.98. The van der Waals surface area contributed by atoms with E-state index in [1.807, 2.05) is 5.38 Å². The van der Waals surface area contributed by atoms with Gasteiger partial charge < -0.3 is 9.64 Å². The fourth-order valence-corrected chi connectivity index (χ4v) is 1.45. The molecule has 0 N–H and O–H groups in total. The number of carbonyl (C=O) groups excluding carboxylic acids is 2. The van der Waals surface area contributed by atoms with Crippen molar-refractivity contribution in [2.24, 2.45) is 0 Å². The lowest BCUT2D eigenvalue weighted by Crippen LogP contribution is -2.31. The molecule has 0 aliphatic rings. The van der Waals surface area contributed by atoms with Crippen molar-refractivity contribution in [1.29, 1.82) is 0 Å². The van der Waals surface area contributed by atoms with E-state index in [1.165, 1.54) is 36.5 Å². The van der Waals surface area contributed by atoms with Gasteiger partial charge in [-0.1, -0.05) is 0 Å². The number of hydrogen-bond donors (Lipinski definition) is 0. The summed E-state index contributed by atoms with van der Waals surface area (Å²) in [4.78, 5) is 27.7. The van der Waals surface area contributed by atoms with Crippen LogP contribution in [0.5, 0.6) is 0 Å². The van der Waals surface area contributed by atoms with Gasteiger partial charge in [-0.2, -0.15) is 0 Å². The van der Waals surface area contributed by atoms with Gasteiger partial charge in [0.05, 0.1) is 18.3 Å². The van der Waals surface area contributed by atoms with E-state index >= 15 is 0 Å². The second-order valence-electron chi connectivity index (χ2n) is 3.02. The van der Waals surface area contributed by atoms with Gasteiger partial charge in [0.15, 0.2) is 0 Å². The maximum absolute atomic E-state index is 11.5. The summed E-state index contributed by atoms with van der Waals surface area (Å²) >= 11 is 1.45. The Morgan fingerprint density at radius 3 is 2.94 bits per heavy atom. The first-order valence-corrected chi connectivity index (χ1v) is 5.46. The highest BCUT2D eigenvalue weighted by Crippen LogP contribution is 2.03. The van der Waals surface area contributed by atoms with E-state index in [1.54, 1.807) is 11.6 Å². The Bertz CT molecular complexity index is 387. The van der Waals surface area contributed by atoms with Crippen LogP contribution < -0.4 is 0 Å². The standard InChI is InChI=1S/C10H12N2O3S/c1-12(5-10(14)15-2)9(13)4-3-8-6-16-7-11-8/h3-4,6-7H,5H2,1-2H3/b4-3+. The number of rotatable bonds is 4. The van der Waals surface area contributed by atoms with Crippen LogP contribution in [-0.2, 0) is 14.3 Å². The molecule has 16 heavy (non-hydrogen) atoms. The number of nitrogens with zero attached hydrogens (tertiary/aromatic N) is 2. The number of aromatic nitrogens is 1. The summed E-state index contributed by atoms with van der Waals surface area (Å²) in [6, 6.07) is 0. The minimum absolute atomic E-state index is 0.0588. The van der Waals surface area contributed by atoms with Crippen LogP contribution in [0.4, 0.5) is 0 Å². The van der Waals surface area contributed by atoms with Crippen molar-refractivity contribution in [3.63, 3.8) is 0 Å². The number of methoxy groups -OCH3 is 1. The monoisotopic (exact) mass is 240 g/mol. The van der Waals surface area contributed by atoms with E-state index in [2.05, 4.69) is 9.72 Å². The molecule has 6 heteroatoms. The van der Waals surface area contributed by atoms with Gasteiger partial charge in [0.25, 0.3) is 0 Å². The number of hydrogen-bond acceptors (Lipinski definition) is 5. The highest BCUT2D eigenvalue weighted by molar-refractivity contribution is 7.07. The molecular weight excluding hydrogens is 228 g/mol. The van der Waals surface area contributed by atoms with Crippen LogP contribution in [0.2, 0.25) is 0 Å². The molecule has 0 unspecified atom stereocenters. The van der Waals surface area contributed by atoms with E-state index < -0.39 is 5.97 Å². The van der Waals surface area contributed by atoms with E-state index in [0.29, 0.717) is 0 Å². The number of carbonyl (C=O) groups is 2. The molecule has 0 bridgehead atoms. The lowest BCUT2D eigenvalue weighted by Gasteiger charge is -2.12. The molecule has 0 aliphatic carbocycles. The quantitative estimate of drug-likeness (QED) is 0.576. The third kappa shape index (κ3) is 3.82. The third-order valence-corrected chi connectivity index (χ3v) is 2.42. The molecule has 1 aromatic heterocycles. The summed E-state index contributed by atoms with van der Waals surface area (Å²) in [6.45, 7) is -0.0588. The van der Waals surface area contributed by atoms with Gasteiger partial charge in [0.2, 0.25) is 5.91 Å². The molecule has 0 aromatic carbocycles. The Morgan fingerprint density at radius 2 is 2.38 bits per heavy atom. The molecule has 5 nitrogen and oxygen atoms in total. The molecule has 86 valence electrons. The summed E-state index contributed by atoms with van der Waals surface area (Å²) < 4.78 is 4.45. The zero-order valence-electron chi connectivity index (χ0n) is 9.04. The smallest absolute Gasteiger partial charge is 0.325 e. The van der Waals surface area contributed by atoms with Crippen molar-refractivity contribution >= 4 is 29.3 Å². The second-order valence-corrected chi connectivity index (χ2v) is 3.74. The van der Waals surface area contributed by atoms with Crippen LogP contribution >= 0.6 is 11.3 Å². The molecule has 0 spiro atoms. The van der Waals surface area contributed by atoms with E-state index in [0.717, 1.165) is 5.69 Å². The molecule has 0 saturated heterocycles. The number of amides is 1. The fourth-order valence-electron chi connectivity index (χ4n) is 0.924. The molecule has 0 radical (unpaired) electrons. The van der Waals surface area contributed by atoms with Crippen LogP contribution in [0.3, 0.4) is 0 Å². The van der Waals surface area contributed by atoms with E-state index in [-0.39, 0.29) is 12.5 Å². The summed E-state index contributed by atoms with van der Waals surface area (Å²) in [5, 5.41) is 1.82. The lowest BCUT2D eigenvalue weighted by atomic mass is 10.4. The van der Waals surface area contributed by atoms with Crippen molar-refractivity contribution in [3.8, 4) is 0 Å². The highest BCUT2D eigenvalue weighted by Gasteiger charge is 2.09. The molecule has 1 heterocycles. The summed E-state index contributed by atoms with van der Waals surface area (Å²) in [5.74, 6) is -0.712. The Morgan fingerprint density at radius 1 is 1.62 bits per heavy atom. The van der Waals surface area contributed by atoms with Crippen LogP contribution in [0, 0.1) is 0 Å². The number of thiazole rings is 1. The van der Waals surface area contributed by atoms with Gasteiger partial charge >= 0.3 is 5.97 Å². The Kier molecular flexibility index (Phi) is 4.65. The molecule has 0 saturated carbocycles. The molecule has 1 rings (SSSR count). The first-order valence-electron chi connectivity index (χ1n) is 4.51. The zero-order valence-corrected chi connectivity index (χ0v) is 9.86. The molecule has 1 amide bonds. The summed E-state index contributed by atoms with van der Waals surface area (Å²) in [7, 11) is 2.82. The van der Waals surface area contributed by atoms with Crippen LogP contribution in [0.15, 0.2) is 17.0 Å². The SMILES string of the molecule is COC(=O)CN(C)C(=O)/C=C/c1cscn1. The van der Waals surface area contributed by atoms with Crippen molar-refractivity contribution in [3.05, 3.63) is 22.7 Å². The highest BCUT2D eigenvalue weighted by atomic mass is 32.1. The van der Waals surface area contributed by atoms with Crippen molar-refractivity contribution in [2.75, 3.05) is 20.7 Å². The summed E-state index contributed by atoms with van der Waals surface area (Å²) in [5.41, 5.74) is 2.41. The number of esters is 1. The predicted molar refractivity (Wildman–Crippen MR) is 60.8 cm³/mol. The molecular formula is C10H12N2O3S. The van der Waals surface area contributed by atoms with Crippen molar-refractivity contribution < 1.29 is 14.3 Å². The van der Waals surface area contributed by atoms with E-state index in [9.17, 15) is 9.59 Å². The Hall–Kier alpha value is -1.69. The average molecular weight is 240 g/mol. The second kappa shape index (κ2) is 6.02. The number of likely N-dealkylation sites (N-methyl/N-ethyl adjacent to an activating group) is 1. The normalized spacial score (nSPS) is 10.4. The number of ether oxygens (including phenoxy) is 1. The van der Waals surface area contributed by atoms with Crippen LogP contribution in [0.1, 0.15) is 5.69 Å². The van der Waals surface area contributed by atoms with Crippen LogP contribution in [-0.4, -0.2) is 42.5 Å². The Balaban J connectivity index is 2.49. The topological polar surface area (TPSA) is 59.5 Å². The average Bonchev–Trinajstić information content (AvgIpc) is 2.78. The van der Waals surface area contributed by atoms with E-state index in [4.69, 9.17) is 0 Å². The molecule has 0 aliphatic heterocycles. The van der Waals surface area contributed by atoms with Gasteiger partial charge in [-0.15, -0.1) is 11.3 Å². The van der Waals surface area contributed by atoms with Crippen molar-refractivity contribution in [2.45, 2.75) is 0 Å².